The van der Waals surface area contributed by atoms with Gasteiger partial charge in [-0.1, -0.05) is 30.3 Å². The minimum atomic E-state index is -0.284. The first-order valence-electron chi connectivity index (χ1n) is 8.56. The van der Waals surface area contributed by atoms with E-state index in [2.05, 4.69) is 15.0 Å². The van der Waals surface area contributed by atoms with E-state index in [0.29, 0.717) is 36.5 Å². The van der Waals surface area contributed by atoms with E-state index in [1.807, 2.05) is 39.8 Å². The first-order valence-corrected chi connectivity index (χ1v) is 8.56. The molecule has 1 aliphatic rings. The van der Waals surface area contributed by atoms with E-state index in [1.165, 1.54) is 6.33 Å². The Hall–Kier alpha value is -3.00. The number of aliphatic hydroxyl groups is 1. The molecule has 0 saturated carbocycles. The van der Waals surface area contributed by atoms with Crippen LogP contribution in [0.1, 0.15) is 18.0 Å². The summed E-state index contributed by atoms with van der Waals surface area (Å²) in [6, 6.07) is 9.46. The van der Waals surface area contributed by atoms with Crippen LogP contribution >= 0.6 is 0 Å². The minimum Gasteiger partial charge on any atom is -0.394 e. The first-order chi connectivity index (χ1) is 12.7. The summed E-state index contributed by atoms with van der Waals surface area (Å²) in [5, 5.41) is 9.93. The molecule has 3 aromatic rings. The van der Waals surface area contributed by atoms with E-state index >= 15 is 0 Å². The third kappa shape index (κ3) is 2.78. The van der Waals surface area contributed by atoms with Gasteiger partial charge in [0.05, 0.1) is 24.9 Å². The van der Waals surface area contributed by atoms with Crippen LogP contribution in [0.15, 0.2) is 43.0 Å². The van der Waals surface area contributed by atoms with Gasteiger partial charge in [0, 0.05) is 13.1 Å². The molecule has 4 rings (SSSR count). The van der Waals surface area contributed by atoms with Gasteiger partial charge in [0.1, 0.15) is 6.33 Å². The molecule has 1 unspecified atom stereocenters. The van der Waals surface area contributed by atoms with Crippen molar-refractivity contribution in [1.29, 1.82) is 0 Å². The molecule has 3 N–H and O–H groups in total. The Morgan fingerprint density at radius 3 is 2.77 bits per heavy atom. The second kappa shape index (κ2) is 6.72. The van der Waals surface area contributed by atoms with Crippen molar-refractivity contribution in [3.63, 3.8) is 0 Å². The van der Waals surface area contributed by atoms with E-state index in [0.717, 1.165) is 5.56 Å². The van der Waals surface area contributed by atoms with Crippen molar-refractivity contribution in [3.05, 3.63) is 48.5 Å². The summed E-state index contributed by atoms with van der Waals surface area (Å²) in [5.41, 5.74) is 7.72. The molecule has 0 spiro atoms. The van der Waals surface area contributed by atoms with Gasteiger partial charge < -0.3 is 20.3 Å². The molecule has 0 aliphatic carbocycles. The number of aromatic nitrogens is 4. The van der Waals surface area contributed by atoms with Crippen LogP contribution < -0.4 is 10.6 Å². The number of fused-ring (bicyclic) bond motifs is 1. The molecule has 8 heteroatoms. The van der Waals surface area contributed by atoms with E-state index < -0.39 is 0 Å². The SMILES string of the molecule is NC(=O)C1CCN(c2ncnc3c2ncn3[C@@H](CO)c2ccccc2)C1. The fourth-order valence-corrected chi connectivity index (χ4v) is 3.51. The van der Waals surface area contributed by atoms with Crippen LogP contribution in [0.4, 0.5) is 5.82 Å². The lowest BCUT2D eigenvalue weighted by molar-refractivity contribution is -0.121. The van der Waals surface area contributed by atoms with Gasteiger partial charge in [-0.2, -0.15) is 0 Å². The van der Waals surface area contributed by atoms with Crippen LogP contribution in [0.3, 0.4) is 0 Å². The summed E-state index contributed by atoms with van der Waals surface area (Å²) in [5.74, 6) is 0.242. The number of rotatable bonds is 5. The number of anilines is 1. The molecule has 1 aliphatic heterocycles. The number of nitrogens with zero attached hydrogens (tertiary/aromatic N) is 5. The fraction of sp³-hybridized carbons (Fsp3) is 0.333. The lowest BCUT2D eigenvalue weighted by atomic mass is 10.1. The topological polar surface area (TPSA) is 110 Å². The van der Waals surface area contributed by atoms with Gasteiger partial charge in [0.25, 0.3) is 0 Å². The van der Waals surface area contributed by atoms with Crippen molar-refractivity contribution in [1.82, 2.24) is 19.5 Å². The van der Waals surface area contributed by atoms with E-state index in [-0.39, 0.29) is 24.5 Å². The number of amides is 1. The molecule has 3 heterocycles. The highest BCUT2D eigenvalue weighted by Gasteiger charge is 2.29. The van der Waals surface area contributed by atoms with Crippen molar-refractivity contribution >= 4 is 22.9 Å². The van der Waals surface area contributed by atoms with Crippen LogP contribution in [0, 0.1) is 5.92 Å². The molecule has 0 bridgehead atoms. The lowest BCUT2D eigenvalue weighted by Gasteiger charge is -2.19. The van der Waals surface area contributed by atoms with Crippen LogP contribution in [-0.2, 0) is 4.79 Å². The first kappa shape index (κ1) is 16.5. The highest BCUT2D eigenvalue weighted by molar-refractivity contribution is 5.85. The molecular weight excluding hydrogens is 332 g/mol. The Bertz CT molecular complexity index is 926. The maximum Gasteiger partial charge on any atom is 0.222 e. The predicted molar refractivity (Wildman–Crippen MR) is 96.5 cm³/mol. The second-order valence-electron chi connectivity index (χ2n) is 6.46. The molecule has 8 nitrogen and oxygen atoms in total. The summed E-state index contributed by atoms with van der Waals surface area (Å²) >= 11 is 0. The number of aliphatic hydroxyl groups excluding tert-OH is 1. The molecule has 2 aromatic heterocycles. The van der Waals surface area contributed by atoms with Gasteiger partial charge in [0.2, 0.25) is 5.91 Å². The number of hydrogen-bond donors (Lipinski definition) is 2. The summed E-state index contributed by atoms with van der Waals surface area (Å²) in [7, 11) is 0. The van der Waals surface area contributed by atoms with Crippen molar-refractivity contribution in [2.45, 2.75) is 12.5 Å². The number of primary amides is 1. The van der Waals surface area contributed by atoms with Gasteiger partial charge in [-0.05, 0) is 12.0 Å². The lowest BCUT2D eigenvalue weighted by Crippen LogP contribution is -2.27. The minimum absolute atomic E-state index is 0.0672. The molecule has 2 atom stereocenters. The number of carbonyl (C=O) groups is 1. The Morgan fingerprint density at radius 1 is 1.27 bits per heavy atom. The van der Waals surface area contributed by atoms with E-state index in [1.54, 1.807) is 6.33 Å². The molecule has 1 aromatic carbocycles. The van der Waals surface area contributed by atoms with Crippen molar-refractivity contribution in [2.75, 3.05) is 24.6 Å². The molecule has 1 saturated heterocycles. The monoisotopic (exact) mass is 352 g/mol. The molecule has 1 fully saturated rings. The van der Waals surface area contributed by atoms with Crippen LogP contribution in [0.2, 0.25) is 0 Å². The fourth-order valence-electron chi connectivity index (χ4n) is 3.51. The standard InChI is InChI=1S/C18H20N6O2/c19-16(26)13-6-7-23(8-13)17-15-18(21-10-20-17)24(11-22-15)14(9-25)12-4-2-1-3-5-12/h1-5,10-11,13-14,25H,6-9H2,(H2,19,26)/t13?,14-/m0/s1. The quantitative estimate of drug-likeness (QED) is 0.700. The number of nitrogens with two attached hydrogens (primary N) is 1. The molecular formula is C18H20N6O2. The third-order valence-electron chi connectivity index (χ3n) is 4.92. The zero-order valence-electron chi connectivity index (χ0n) is 14.2. The van der Waals surface area contributed by atoms with Gasteiger partial charge >= 0.3 is 0 Å². The zero-order chi connectivity index (χ0) is 18.1. The largest absolute Gasteiger partial charge is 0.394 e. The number of carbonyl (C=O) groups excluding carboxylic acids is 1. The van der Waals surface area contributed by atoms with E-state index in [4.69, 9.17) is 5.73 Å². The third-order valence-corrected chi connectivity index (χ3v) is 4.92. The Labute approximate surface area is 150 Å². The number of imidazole rings is 1. The van der Waals surface area contributed by atoms with Crippen molar-refractivity contribution < 1.29 is 9.90 Å². The van der Waals surface area contributed by atoms with Crippen LogP contribution in [0.5, 0.6) is 0 Å². The maximum atomic E-state index is 11.4. The Balaban J connectivity index is 1.73. The van der Waals surface area contributed by atoms with Gasteiger partial charge in [-0.15, -0.1) is 0 Å². The molecule has 134 valence electrons. The number of benzene rings is 1. The highest BCUT2D eigenvalue weighted by atomic mass is 16.3. The summed E-state index contributed by atoms with van der Waals surface area (Å²) in [4.78, 5) is 26.7. The highest BCUT2D eigenvalue weighted by Crippen LogP contribution is 2.29. The van der Waals surface area contributed by atoms with Crippen LogP contribution in [0.25, 0.3) is 11.2 Å². The normalized spacial score (nSPS) is 18.3. The second-order valence-corrected chi connectivity index (χ2v) is 6.46. The van der Waals surface area contributed by atoms with Gasteiger partial charge in [-0.3, -0.25) is 4.79 Å². The maximum absolute atomic E-state index is 11.4. The Morgan fingerprint density at radius 2 is 2.08 bits per heavy atom. The zero-order valence-corrected chi connectivity index (χ0v) is 14.2. The smallest absolute Gasteiger partial charge is 0.222 e. The predicted octanol–water partition coefficient (Wildman–Crippen LogP) is 0.720. The summed E-state index contributed by atoms with van der Waals surface area (Å²) < 4.78 is 1.86. The summed E-state index contributed by atoms with van der Waals surface area (Å²) in [6.07, 6.45) is 3.88. The summed E-state index contributed by atoms with van der Waals surface area (Å²) in [6.45, 7) is 1.17. The molecule has 0 radical (unpaired) electrons. The van der Waals surface area contributed by atoms with Crippen molar-refractivity contribution in [3.8, 4) is 0 Å². The average molecular weight is 352 g/mol. The average Bonchev–Trinajstić information content (AvgIpc) is 3.31. The van der Waals surface area contributed by atoms with Crippen molar-refractivity contribution in [2.24, 2.45) is 11.7 Å². The number of hydrogen-bond acceptors (Lipinski definition) is 6. The molecule has 26 heavy (non-hydrogen) atoms. The molecule has 1 amide bonds. The van der Waals surface area contributed by atoms with E-state index in [9.17, 15) is 9.90 Å². The van der Waals surface area contributed by atoms with Gasteiger partial charge in [0.15, 0.2) is 17.0 Å². The Kier molecular flexibility index (Phi) is 4.26. The van der Waals surface area contributed by atoms with Crippen LogP contribution in [-0.4, -0.2) is 50.2 Å². The van der Waals surface area contributed by atoms with Gasteiger partial charge in [-0.25, -0.2) is 15.0 Å².